The van der Waals surface area contributed by atoms with E-state index < -0.39 is 5.91 Å². The van der Waals surface area contributed by atoms with Gasteiger partial charge in [0.05, 0.1) is 23.6 Å². The number of hydrogen-bond donors (Lipinski definition) is 2. The van der Waals surface area contributed by atoms with Crippen molar-refractivity contribution in [3.63, 3.8) is 0 Å². The van der Waals surface area contributed by atoms with E-state index in [2.05, 4.69) is 10.6 Å². The van der Waals surface area contributed by atoms with Crippen molar-refractivity contribution in [1.82, 2.24) is 5.32 Å². The molecule has 1 atom stereocenters. The number of nitrogens with one attached hydrogen (secondary N) is 2. The lowest BCUT2D eigenvalue weighted by Crippen LogP contribution is -2.28. The Bertz CT molecular complexity index is 905. The van der Waals surface area contributed by atoms with Crippen LogP contribution in [0, 0.1) is 5.82 Å². The first-order chi connectivity index (χ1) is 12.5. The first kappa shape index (κ1) is 17.4. The molecule has 132 valence electrons. The Balaban J connectivity index is 1.75. The Hall–Kier alpha value is -3.41. The Kier molecular flexibility index (Phi) is 5.12. The summed E-state index contributed by atoms with van der Waals surface area (Å²) in [6.07, 6.45) is 1.40. The predicted molar refractivity (Wildman–Crippen MR) is 95.4 cm³/mol. The van der Waals surface area contributed by atoms with Gasteiger partial charge in [0.1, 0.15) is 5.82 Å². The number of anilines is 1. The summed E-state index contributed by atoms with van der Waals surface area (Å²) in [5, 5.41) is 5.52. The number of para-hydroxylation sites is 1. The van der Waals surface area contributed by atoms with Crippen LogP contribution in [0.25, 0.3) is 0 Å². The second-order valence-electron chi connectivity index (χ2n) is 5.72. The van der Waals surface area contributed by atoms with E-state index >= 15 is 0 Å². The minimum absolute atomic E-state index is 0.153. The van der Waals surface area contributed by atoms with Gasteiger partial charge in [-0.15, -0.1) is 0 Å². The van der Waals surface area contributed by atoms with E-state index in [4.69, 9.17) is 4.42 Å². The van der Waals surface area contributed by atoms with Crippen LogP contribution < -0.4 is 10.6 Å². The maximum atomic E-state index is 13.0. The fourth-order valence-corrected chi connectivity index (χ4v) is 2.49. The Labute approximate surface area is 149 Å². The fourth-order valence-electron chi connectivity index (χ4n) is 2.49. The zero-order valence-electron chi connectivity index (χ0n) is 14.0. The SMILES string of the molecule is CC(NC(=O)c1ccccc1NC(=O)c1ccco1)c1ccc(F)cc1. The summed E-state index contributed by atoms with van der Waals surface area (Å²) in [6.45, 7) is 1.80. The molecule has 2 aromatic carbocycles. The van der Waals surface area contributed by atoms with E-state index in [9.17, 15) is 14.0 Å². The fraction of sp³-hybridized carbons (Fsp3) is 0.100. The molecule has 2 amide bonds. The summed E-state index contributed by atoms with van der Waals surface area (Å²) in [5.41, 5.74) is 1.47. The molecule has 3 rings (SSSR count). The van der Waals surface area contributed by atoms with Crippen molar-refractivity contribution < 1.29 is 18.4 Å². The van der Waals surface area contributed by atoms with Crippen LogP contribution in [-0.2, 0) is 0 Å². The van der Waals surface area contributed by atoms with Gasteiger partial charge in [0, 0.05) is 0 Å². The zero-order valence-corrected chi connectivity index (χ0v) is 14.0. The molecule has 2 N–H and O–H groups in total. The lowest BCUT2D eigenvalue weighted by atomic mass is 10.1. The molecule has 26 heavy (non-hydrogen) atoms. The number of amides is 2. The van der Waals surface area contributed by atoms with Crippen LogP contribution in [0.2, 0.25) is 0 Å². The molecule has 1 aromatic heterocycles. The molecule has 0 spiro atoms. The Morgan fingerprint density at radius 3 is 2.38 bits per heavy atom. The summed E-state index contributed by atoms with van der Waals surface area (Å²) in [7, 11) is 0. The van der Waals surface area contributed by atoms with Gasteiger partial charge in [0.15, 0.2) is 5.76 Å². The highest BCUT2D eigenvalue weighted by Crippen LogP contribution is 2.19. The number of rotatable bonds is 5. The topological polar surface area (TPSA) is 71.3 Å². The molecule has 0 aliphatic heterocycles. The number of carbonyl (C=O) groups is 2. The Morgan fingerprint density at radius 2 is 1.69 bits per heavy atom. The lowest BCUT2D eigenvalue weighted by Gasteiger charge is -2.16. The van der Waals surface area contributed by atoms with Crippen molar-refractivity contribution in [2.24, 2.45) is 0 Å². The standard InChI is InChI=1S/C20H17FN2O3/c1-13(14-8-10-15(21)11-9-14)22-19(24)16-5-2-3-6-17(16)23-20(25)18-7-4-12-26-18/h2-13H,1H3,(H,22,24)(H,23,25). The van der Waals surface area contributed by atoms with Crippen LogP contribution in [0.1, 0.15) is 39.4 Å². The van der Waals surface area contributed by atoms with Gasteiger partial charge in [-0.05, 0) is 48.9 Å². The molecule has 1 unspecified atom stereocenters. The van der Waals surface area contributed by atoms with Gasteiger partial charge >= 0.3 is 0 Å². The highest BCUT2D eigenvalue weighted by atomic mass is 19.1. The molecule has 5 nitrogen and oxygen atoms in total. The van der Waals surface area contributed by atoms with Gasteiger partial charge in [-0.1, -0.05) is 24.3 Å². The molecule has 0 saturated carbocycles. The largest absolute Gasteiger partial charge is 0.459 e. The summed E-state index contributed by atoms with van der Waals surface area (Å²) < 4.78 is 18.1. The quantitative estimate of drug-likeness (QED) is 0.724. The van der Waals surface area contributed by atoms with Crippen LogP contribution in [0.15, 0.2) is 71.3 Å². The number of hydrogen-bond acceptors (Lipinski definition) is 3. The van der Waals surface area contributed by atoms with Crippen LogP contribution in [0.3, 0.4) is 0 Å². The average Bonchev–Trinajstić information content (AvgIpc) is 3.17. The molecule has 3 aromatic rings. The number of benzene rings is 2. The van der Waals surface area contributed by atoms with Gasteiger partial charge in [-0.25, -0.2) is 4.39 Å². The monoisotopic (exact) mass is 352 g/mol. The second-order valence-corrected chi connectivity index (χ2v) is 5.72. The summed E-state index contributed by atoms with van der Waals surface area (Å²) in [5.74, 6) is -0.975. The molecule has 6 heteroatoms. The molecule has 0 fully saturated rings. The third kappa shape index (κ3) is 3.97. The minimum Gasteiger partial charge on any atom is -0.459 e. The van der Waals surface area contributed by atoms with Gasteiger partial charge in [-0.2, -0.15) is 0 Å². The van der Waals surface area contributed by atoms with Crippen LogP contribution in [-0.4, -0.2) is 11.8 Å². The van der Waals surface area contributed by atoms with E-state index in [0.29, 0.717) is 11.3 Å². The number of furan rings is 1. The zero-order chi connectivity index (χ0) is 18.5. The van der Waals surface area contributed by atoms with Gasteiger partial charge in [-0.3, -0.25) is 9.59 Å². The van der Waals surface area contributed by atoms with Gasteiger partial charge < -0.3 is 15.1 Å². The van der Waals surface area contributed by atoms with Crippen molar-refractivity contribution in [3.8, 4) is 0 Å². The van der Waals surface area contributed by atoms with Gasteiger partial charge in [0.25, 0.3) is 11.8 Å². The molecule has 0 saturated heterocycles. The molecule has 1 heterocycles. The molecule has 0 radical (unpaired) electrons. The highest BCUT2D eigenvalue weighted by molar-refractivity contribution is 6.07. The maximum Gasteiger partial charge on any atom is 0.291 e. The normalized spacial score (nSPS) is 11.6. The van der Waals surface area contributed by atoms with Crippen molar-refractivity contribution in [1.29, 1.82) is 0 Å². The Morgan fingerprint density at radius 1 is 0.962 bits per heavy atom. The molecular formula is C20H17FN2O3. The maximum absolute atomic E-state index is 13.0. The first-order valence-corrected chi connectivity index (χ1v) is 8.05. The van der Waals surface area contributed by atoms with E-state index in [1.807, 2.05) is 0 Å². The third-order valence-electron chi connectivity index (χ3n) is 3.88. The number of carbonyl (C=O) groups excluding carboxylic acids is 2. The summed E-state index contributed by atoms with van der Waals surface area (Å²) >= 11 is 0. The van der Waals surface area contributed by atoms with Crippen molar-refractivity contribution in [2.75, 3.05) is 5.32 Å². The second kappa shape index (κ2) is 7.65. The minimum atomic E-state index is -0.443. The van der Waals surface area contributed by atoms with E-state index in [1.54, 1.807) is 49.4 Å². The van der Waals surface area contributed by atoms with Crippen molar-refractivity contribution in [2.45, 2.75) is 13.0 Å². The molecule has 0 bridgehead atoms. The summed E-state index contributed by atoms with van der Waals surface area (Å²) in [4.78, 5) is 24.8. The average molecular weight is 352 g/mol. The van der Waals surface area contributed by atoms with E-state index in [1.165, 1.54) is 24.5 Å². The van der Waals surface area contributed by atoms with Gasteiger partial charge in [0.2, 0.25) is 0 Å². The first-order valence-electron chi connectivity index (χ1n) is 8.05. The highest BCUT2D eigenvalue weighted by Gasteiger charge is 2.17. The van der Waals surface area contributed by atoms with Crippen molar-refractivity contribution in [3.05, 3.63) is 89.6 Å². The predicted octanol–water partition coefficient (Wildman–Crippen LogP) is 4.16. The number of halogens is 1. The molecular weight excluding hydrogens is 335 g/mol. The molecule has 0 aliphatic carbocycles. The smallest absolute Gasteiger partial charge is 0.291 e. The van der Waals surface area contributed by atoms with Crippen LogP contribution in [0.5, 0.6) is 0 Å². The van der Waals surface area contributed by atoms with Crippen LogP contribution >= 0.6 is 0 Å². The summed E-state index contributed by atoms with van der Waals surface area (Å²) in [6, 6.07) is 15.4. The third-order valence-corrected chi connectivity index (χ3v) is 3.88. The lowest BCUT2D eigenvalue weighted by molar-refractivity contribution is 0.0941. The van der Waals surface area contributed by atoms with E-state index in [-0.39, 0.29) is 23.5 Å². The van der Waals surface area contributed by atoms with Crippen LogP contribution in [0.4, 0.5) is 10.1 Å². The molecule has 0 aliphatic rings. The van der Waals surface area contributed by atoms with Crippen molar-refractivity contribution >= 4 is 17.5 Å². The van der Waals surface area contributed by atoms with E-state index in [0.717, 1.165) is 5.56 Å².